The first kappa shape index (κ1) is 25.2. The first-order valence-corrected chi connectivity index (χ1v) is 13.6. The Morgan fingerprint density at radius 3 is 2.59 bits per heavy atom. The van der Waals surface area contributed by atoms with Crippen molar-refractivity contribution in [1.29, 1.82) is 0 Å². The number of nitrogens with one attached hydrogen (secondary N) is 1. The number of fused-ring (bicyclic) bond motifs is 3. The van der Waals surface area contributed by atoms with Gasteiger partial charge in [-0.25, -0.2) is 4.39 Å². The molecule has 1 aliphatic heterocycles. The number of hydrogen-bond acceptors (Lipinski definition) is 7. The Kier molecular flexibility index (Phi) is 7.29. The third kappa shape index (κ3) is 5.67. The van der Waals surface area contributed by atoms with Crippen LogP contribution >= 0.6 is 23.4 Å². The van der Waals surface area contributed by atoms with E-state index >= 15 is 0 Å². The van der Waals surface area contributed by atoms with E-state index in [-0.39, 0.29) is 5.82 Å². The third-order valence-electron chi connectivity index (χ3n) is 6.14. The second-order valence-electron chi connectivity index (χ2n) is 8.77. The molecule has 6 rings (SSSR count). The molecule has 0 spiro atoms. The van der Waals surface area contributed by atoms with E-state index in [9.17, 15) is 4.39 Å². The van der Waals surface area contributed by atoms with Gasteiger partial charge in [-0.1, -0.05) is 90.1 Å². The van der Waals surface area contributed by atoms with Crippen LogP contribution in [0.2, 0.25) is 5.02 Å². The molecule has 2 heterocycles. The van der Waals surface area contributed by atoms with E-state index in [1.54, 1.807) is 24.3 Å². The molecular weight excluding hydrogens is 535 g/mol. The lowest BCUT2D eigenvalue weighted by molar-refractivity contribution is 0.214. The minimum atomic E-state index is -0.682. The van der Waals surface area contributed by atoms with Crippen LogP contribution in [-0.4, -0.2) is 15.2 Å². The lowest BCUT2D eigenvalue weighted by atomic mass is 10.1. The molecule has 1 aromatic heterocycles. The summed E-state index contributed by atoms with van der Waals surface area (Å²) in [6.07, 6.45) is -0.682. The maximum atomic E-state index is 14.1. The molecule has 39 heavy (non-hydrogen) atoms. The van der Waals surface area contributed by atoms with Gasteiger partial charge >= 0.3 is 0 Å². The molecule has 1 N–H and O–H groups in total. The number of benzene rings is 4. The molecular formula is C30H22ClFN4O2S. The van der Waals surface area contributed by atoms with Crippen molar-refractivity contribution in [2.24, 2.45) is 0 Å². The molecule has 0 fully saturated rings. The summed E-state index contributed by atoms with van der Waals surface area (Å²) in [6, 6.07) is 29.7. The van der Waals surface area contributed by atoms with Gasteiger partial charge in [-0.15, -0.1) is 10.2 Å². The van der Waals surface area contributed by atoms with Crippen molar-refractivity contribution < 1.29 is 13.9 Å². The van der Waals surface area contributed by atoms with Gasteiger partial charge in [-0.3, -0.25) is 0 Å². The quantitative estimate of drug-likeness (QED) is 0.206. The molecule has 1 atom stereocenters. The summed E-state index contributed by atoms with van der Waals surface area (Å²) in [7, 11) is 0. The van der Waals surface area contributed by atoms with Crippen molar-refractivity contribution in [3.8, 4) is 22.9 Å². The maximum Gasteiger partial charge on any atom is 0.247 e. The number of nitrogens with zero attached hydrogens (tertiary/aromatic N) is 3. The first-order chi connectivity index (χ1) is 19.1. The van der Waals surface area contributed by atoms with Crippen LogP contribution in [-0.2, 0) is 12.4 Å². The van der Waals surface area contributed by atoms with Gasteiger partial charge in [0.15, 0.2) is 5.69 Å². The van der Waals surface area contributed by atoms with Crippen molar-refractivity contribution in [2.75, 3.05) is 5.32 Å². The number of rotatable bonds is 7. The van der Waals surface area contributed by atoms with E-state index in [4.69, 9.17) is 21.1 Å². The topological polar surface area (TPSA) is 69.2 Å². The van der Waals surface area contributed by atoms with Crippen molar-refractivity contribution in [1.82, 2.24) is 15.2 Å². The first-order valence-electron chi connectivity index (χ1n) is 12.2. The predicted molar refractivity (Wildman–Crippen MR) is 150 cm³/mol. The molecule has 194 valence electrons. The second-order valence-corrected chi connectivity index (χ2v) is 10.2. The van der Waals surface area contributed by atoms with Gasteiger partial charge in [-0.2, -0.15) is 4.98 Å². The SMILES string of the molecule is Fc1ccccc1CSc1nnc2c(n1)O[C@@H](c1cc(Cl)ccc1OCc1ccccc1)Nc1ccccc1-2. The smallest absolute Gasteiger partial charge is 0.247 e. The third-order valence-corrected chi connectivity index (χ3v) is 7.26. The van der Waals surface area contributed by atoms with Crippen molar-refractivity contribution in [2.45, 2.75) is 23.7 Å². The molecule has 0 saturated heterocycles. The summed E-state index contributed by atoms with van der Waals surface area (Å²) in [6.45, 7) is 0.385. The van der Waals surface area contributed by atoms with Gasteiger partial charge in [0, 0.05) is 22.0 Å². The Hall–Kier alpha value is -4.14. The molecule has 0 aliphatic carbocycles. The lowest BCUT2D eigenvalue weighted by Gasteiger charge is -2.22. The number of thioether (sulfide) groups is 1. The van der Waals surface area contributed by atoms with Gasteiger partial charge < -0.3 is 14.8 Å². The molecule has 1 aliphatic rings. The lowest BCUT2D eigenvalue weighted by Crippen LogP contribution is -2.18. The Morgan fingerprint density at radius 2 is 1.72 bits per heavy atom. The van der Waals surface area contributed by atoms with Crippen molar-refractivity contribution in [3.05, 3.63) is 125 Å². The van der Waals surface area contributed by atoms with E-state index in [1.165, 1.54) is 17.8 Å². The van der Waals surface area contributed by atoms with E-state index in [1.807, 2.05) is 66.7 Å². The molecule has 4 aromatic carbocycles. The van der Waals surface area contributed by atoms with Gasteiger partial charge in [-0.05, 0) is 41.5 Å². The summed E-state index contributed by atoms with van der Waals surface area (Å²) < 4.78 is 26.8. The summed E-state index contributed by atoms with van der Waals surface area (Å²) in [5.41, 5.74) is 4.42. The number of aromatic nitrogens is 3. The zero-order valence-electron chi connectivity index (χ0n) is 20.6. The Bertz CT molecular complexity index is 1620. The van der Waals surface area contributed by atoms with Crippen LogP contribution in [0, 0.1) is 5.82 Å². The zero-order chi connectivity index (χ0) is 26.6. The predicted octanol–water partition coefficient (Wildman–Crippen LogP) is 7.71. The van der Waals surface area contributed by atoms with Gasteiger partial charge in [0.1, 0.15) is 18.2 Å². The minimum Gasteiger partial charge on any atom is -0.488 e. The van der Waals surface area contributed by atoms with Crippen LogP contribution < -0.4 is 14.8 Å². The highest BCUT2D eigenvalue weighted by atomic mass is 35.5. The van der Waals surface area contributed by atoms with Crippen LogP contribution in [0.3, 0.4) is 0 Å². The van der Waals surface area contributed by atoms with E-state index in [0.29, 0.717) is 51.0 Å². The van der Waals surface area contributed by atoms with Crippen molar-refractivity contribution in [3.63, 3.8) is 0 Å². The fraction of sp³-hybridized carbons (Fsp3) is 0.100. The molecule has 6 nitrogen and oxygen atoms in total. The number of ether oxygens (including phenoxy) is 2. The molecule has 0 amide bonds. The standard InChI is InChI=1S/C30H22ClFN4O2S/c31-21-14-15-26(37-17-19-8-2-1-3-9-19)23(16-21)28-33-25-13-7-5-11-22(25)27-29(38-28)34-30(36-35-27)39-18-20-10-4-6-12-24(20)32/h1-16,28,33H,17-18H2/t28-/m0/s1. The molecule has 0 bridgehead atoms. The minimum absolute atomic E-state index is 0.272. The second kappa shape index (κ2) is 11.3. The van der Waals surface area contributed by atoms with Crippen LogP contribution in [0.15, 0.2) is 102 Å². The van der Waals surface area contributed by atoms with Gasteiger partial charge in [0.05, 0.1) is 5.56 Å². The van der Waals surface area contributed by atoms with Crippen molar-refractivity contribution >= 4 is 29.1 Å². The molecule has 0 saturated carbocycles. The summed E-state index contributed by atoms with van der Waals surface area (Å²) >= 11 is 7.71. The van der Waals surface area contributed by atoms with E-state index in [0.717, 1.165) is 16.8 Å². The highest BCUT2D eigenvalue weighted by molar-refractivity contribution is 7.98. The fourth-order valence-corrected chi connectivity index (χ4v) is 5.14. The van der Waals surface area contributed by atoms with Gasteiger partial charge in [0.25, 0.3) is 0 Å². The summed E-state index contributed by atoms with van der Waals surface area (Å²) in [4.78, 5) is 4.67. The Labute approximate surface area is 234 Å². The molecule has 0 radical (unpaired) electrons. The number of anilines is 1. The zero-order valence-corrected chi connectivity index (χ0v) is 22.1. The van der Waals surface area contributed by atoms with Crippen LogP contribution in [0.5, 0.6) is 11.6 Å². The Morgan fingerprint density at radius 1 is 0.923 bits per heavy atom. The highest BCUT2D eigenvalue weighted by Crippen LogP contribution is 2.42. The number of hydrogen-bond donors (Lipinski definition) is 1. The van der Waals surface area contributed by atoms with Crippen LogP contribution in [0.1, 0.15) is 22.9 Å². The largest absolute Gasteiger partial charge is 0.488 e. The average molecular weight is 557 g/mol. The van der Waals surface area contributed by atoms with E-state index < -0.39 is 6.23 Å². The summed E-state index contributed by atoms with van der Waals surface area (Å²) in [5, 5.41) is 13.1. The van der Waals surface area contributed by atoms with Crippen LogP contribution in [0.25, 0.3) is 11.3 Å². The monoisotopic (exact) mass is 556 g/mol. The number of halogens is 2. The molecule has 9 heteroatoms. The molecule has 0 unspecified atom stereocenters. The summed E-state index contributed by atoms with van der Waals surface area (Å²) in [5.74, 6) is 1.01. The van der Waals surface area contributed by atoms with Gasteiger partial charge in [0.2, 0.25) is 17.3 Å². The maximum absolute atomic E-state index is 14.1. The van der Waals surface area contributed by atoms with Crippen LogP contribution in [0.4, 0.5) is 10.1 Å². The number of para-hydroxylation sites is 1. The van der Waals surface area contributed by atoms with E-state index in [2.05, 4.69) is 20.5 Å². The average Bonchev–Trinajstić information content (AvgIpc) is 3.13. The normalized spacial score (nSPS) is 13.8. The molecule has 5 aromatic rings. The fourth-order valence-electron chi connectivity index (χ4n) is 4.20. The Balaban J connectivity index is 1.33. The highest BCUT2D eigenvalue weighted by Gasteiger charge is 2.28.